The van der Waals surface area contributed by atoms with Crippen molar-refractivity contribution in [1.29, 1.82) is 0 Å². The van der Waals surface area contributed by atoms with Crippen LogP contribution in [0.1, 0.15) is 24.1 Å². The van der Waals surface area contributed by atoms with Gasteiger partial charge in [0.1, 0.15) is 6.04 Å². The van der Waals surface area contributed by atoms with Gasteiger partial charge in [-0.15, -0.1) is 0 Å². The minimum Gasteiger partial charge on any atom is -0.465 e. The van der Waals surface area contributed by atoms with E-state index in [9.17, 15) is 4.79 Å². The molecule has 0 radical (unpaired) electrons. The molecular weight excluding hydrogens is 258 g/mol. The van der Waals surface area contributed by atoms with Crippen LogP contribution in [0.15, 0.2) is 22.7 Å². The van der Waals surface area contributed by atoms with Crippen LogP contribution in [0.25, 0.3) is 0 Å². The Morgan fingerprint density at radius 1 is 1.60 bits per heavy atom. The standard InChI is InChI=1S/C11H14BrNO2/c1-3-15-11(14)10(13)8-5-4-7(2)9(12)6-8/h4-6,10H,3,13H2,1-2H3. The van der Waals surface area contributed by atoms with Gasteiger partial charge in [0, 0.05) is 4.47 Å². The highest BCUT2D eigenvalue weighted by Crippen LogP contribution is 2.21. The molecular formula is C11H14BrNO2. The van der Waals surface area contributed by atoms with Crippen LogP contribution in [0.2, 0.25) is 0 Å². The number of carbonyl (C=O) groups excluding carboxylic acids is 1. The highest BCUT2D eigenvalue weighted by Gasteiger charge is 2.17. The summed E-state index contributed by atoms with van der Waals surface area (Å²) in [5.74, 6) is -0.395. The third kappa shape index (κ3) is 3.04. The molecule has 0 heterocycles. The maximum atomic E-state index is 11.4. The molecule has 0 aliphatic carbocycles. The SMILES string of the molecule is CCOC(=O)C(N)c1ccc(C)c(Br)c1. The Hall–Kier alpha value is -0.870. The predicted octanol–water partition coefficient (Wildman–Crippen LogP) is 2.32. The normalized spacial score (nSPS) is 12.3. The van der Waals surface area contributed by atoms with Crippen molar-refractivity contribution in [2.75, 3.05) is 6.61 Å². The first-order chi connectivity index (χ1) is 7.06. The molecule has 0 saturated carbocycles. The van der Waals surface area contributed by atoms with Crippen molar-refractivity contribution < 1.29 is 9.53 Å². The number of nitrogens with two attached hydrogens (primary N) is 1. The average Bonchev–Trinajstić information content (AvgIpc) is 2.21. The number of carbonyl (C=O) groups is 1. The van der Waals surface area contributed by atoms with E-state index in [1.54, 1.807) is 6.92 Å². The van der Waals surface area contributed by atoms with E-state index in [-0.39, 0.29) is 0 Å². The molecule has 1 atom stereocenters. The molecule has 0 amide bonds. The zero-order chi connectivity index (χ0) is 11.4. The quantitative estimate of drug-likeness (QED) is 0.859. The zero-order valence-corrected chi connectivity index (χ0v) is 10.4. The minimum absolute atomic E-state index is 0.347. The Kier molecular flexibility index (Phi) is 4.29. The summed E-state index contributed by atoms with van der Waals surface area (Å²) in [6.45, 7) is 4.08. The summed E-state index contributed by atoms with van der Waals surface area (Å²) in [7, 11) is 0. The van der Waals surface area contributed by atoms with Gasteiger partial charge >= 0.3 is 5.97 Å². The second kappa shape index (κ2) is 5.28. The molecule has 0 bridgehead atoms. The van der Waals surface area contributed by atoms with E-state index in [1.807, 2.05) is 25.1 Å². The van der Waals surface area contributed by atoms with Crippen molar-refractivity contribution in [2.24, 2.45) is 5.73 Å². The monoisotopic (exact) mass is 271 g/mol. The molecule has 1 aromatic rings. The molecule has 1 rings (SSSR count). The van der Waals surface area contributed by atoms with Crippen molar-refractivity contribution >= 4 is 21.9 Å². The van der Waals surface area contributed by atoms with Crippen LogP contribution in [0.5, 0.6) is 0 Å². The molecule has 4 heteroatoms. The first-order valence-electron chi connectivity index (χ1n) is 4.74. The lowest BCUT2D eigenvalue weighted by atomic mass is 10.1. The van der Waals surface area contributed by atoms with Crippen LogP contribution in [0.4, 0.5) is 0 Å². The van der Waals surface area contributed by atoms with Crippen LogP contribution < -0.4 is 5.73 Å². The van der Waals surface area contributed by atoms with Gasteiger partial charge in [0.25, 0.3) is 0 Å². The summed E-state index contributed by atoms with van der Waals surface area (Å²) in [5.41, 5.74) is 7.61. The number of halogens is 1. The van der Waals surface area contributed by atoms with E-state index in [0.29, 0.717) is 6.61 Å². The number of rotatable bonds is 3. The molecule has 0 saturated heterocycles. The Balaban J connectivity index is 2.86. The molecule has 0 fully saturated rings. The first-order valence-corrected chi connectivity index (χ1v) is 5.53. The van der Waals surface area contributed by atoms with Crippen LogP contribution in [-0.4, -0.2) is 12.6 Å². The summed E-state index contributed by atoms with van der Waals surface area (Å²) in [5, 5.41) is 0. The van der Waals surface area contributed by atoms with E-state index in [0.717, 1.165) is 15.6 Å². The smallest absolute Gasteiger partial charge is 0.327 e. The highest BCUT2D eigenvalue weighted by atomic mass is 79.9. The summed E-state index contributed by atoms with van der Waals surface area (Å²) < 4.78 is 5.79. The van der Waals surface area contributed by atoms with Gasteiger partial charge in [-0.25, -0.2) is 4.79 Å². The maximum Gasteiger partial charge on any atom is 0.327 e. The molecule has 3 nitrogen and oxygen atoms in total. The van der Waals surface area contributed by atoms with Crippen LogP contribution in [-0.2, 0) is 9.53 Å². The Morgan fingerprint density at radius 2 is 2.27 bits per heavy atom. The van der Waals surface area contributed by atoms with Gasteiger partial charge in [-0.3, -0.25) is 0 Å². The van der Waals surface area contributed by atoms with Gasteiger partial charge in [0.2, 0.25) is 0 Å². The molecule has 0 spiro atoms. The Morgan fingerprint density at radius 3 is 2.80 bits per heavy atom. The maximum absolute atomic E-state index is 11.4. The number of ether oxygens (including phenoxy) is 1. The average molecular weight is 272 g/mol. The van der Waals surface area contributed by atoms with Gasteiger partial charge in [-0.1, -0.05) is 28.1 Å². The summed E-state index contributed by atoms with van der Waals surface area (Å²) in [4.78, 5) is 11.4. The van der Waals surface area contributed by atoms with Crippen molar-refractivity contribution in [3.63, 3.8) is 0 Å². The lowest BCUT2D eigenvalue weighted by molar-refractivity contribution is -0.144. The molecule has 1 unspecified atom stereocenters. The number of hydrogen-bond acceptors (Lipinski definition) is 3. The number of aryl methyl sites for hydroxylation is 1. The van der Waals surface area contributed by atoms with Crippen LogP contribution >= 0.6 is 15.9 Å². The number of benzene rings is 1. The lowest BCUT2D eigenvalue weighted by Crippen LogP contribution is -2.23. The molecule has 15 heavy (non-hydrogen) atoms. The fourth-order valence-corrected chi connectivity index (χ4v) is 1.57. The van der Waals surface area contributed by atoms with Gasteiger partial charge in [-0.05, 0) is 31.0 Å². The fraction of sp³-hybridized carbons (Fsp3) is 0.364. The van der Waals surface area contributed by atoms with Crippen molar-refractivity contribution in [2.45, 2.75) is 19.9 Å². The molecule has 0 aromatic heterocycles. The van der Waals surface area contributed by atoms with Gasteiger partial charge in [-0.2, -0.15) is 0 Å². The summed E-state index contributed by atoms with van der Waals surface area (Å²) >= 11 is 3.39. The molecule has 0 aliphatic heterocycles. The minimum atomic E-state index is -0.707. The van der Waals surface area contributed by atoms with Crippen molar-refractivity contribution in [1.82, 2.24) is 0 Å². The van der Waals surface area contributed by atoms with Crippen LogP contribution in [0, 0.1) is 6.92 Å². The number of hydrogen-bond donors (Lipinski definition) is 1. The van der Waals surface area contributed by atoms with E-state index in [1.165, 1.54) is 0 Å². The van der Waals surface area contributed by atoms with E-state index < -0.39 is 12.0 Å². The molecule has 82 valence electrons. The van der Waals surface area contributed by atoms with Crippen molar-refractivity contribution in [3.05, 3.63) is 33.8 Å². The lowest BCUT2D eigenvalue weighted by Gasteiger charge is -2.11. The molecule has 0 aliphatic rings. The Bertz CT molecular complexity index is 366. The summed E-state index contributed by atoms with van der Waals surface area (Å²) in [6, 6.07) is 4.89. The fourth-order valence-electron chi connectivity index (χ4n) is 1.17. The zero-order valence-electron chi connectivity index (χ0n) is 8.79. The van der Waals surface area contributed by atoms with Crippen molar-refractivity contribution in [3.8, 4) is 0 Å². The largest absolute Gasteiger partial charge is 0.465 e. The van der Waals surface area contributed by atoms with E-state index in [4.69, 9.17) is 10.5 Å². The van der Waals surface area contributed by atoms with Crippen LogP contribution in [0.3, 0.4) is 0 Å². The topological polar surface area (TPSA) is 52.3 Å². The molecule has 1 aromatic carbocycles. The second-order valence-corrected chi connectivity index (χ2v) is 4.09. The second-order valence-electron chi connectivity index (χ2n) is 3.24. The highest BCUT2D eigenvalue weighted by molar-refractivity contribution is 9.10. The van der Waals surface area contributed by atoms with Gasteiger partial charge < -0.3 is 10.5 Å². The van der Waals surface area contributed by atoms with E-state index in [2.05, 4.69) is 15.9 Å². The molecule has 2 N–H and O–H groups in total. The predicted molar refractivity (Wildman–Crippen MR) is 62.4 cm³/mol. The van der Waals surface area contributed by atoms with Gasteiger partial charge in [0.05, 0.1) is 6.61 Å². The third-order valence-corrected chi connectivity index (χ3v) is 2.95. The third-order valence-electron chi connectivity index (χ3n) is 2.10. The first kappa shape index (κ1) is 12.2. The van der Waals surface area contributed by atoms with E-state index >= 15 is 0 Å². The van der Waals surface area contributed by atoms with Gasteiger partial charge in [0.15, 0.2) is 0 Å². The summed E-state index contributed by atoms with van der Waals surface area (Å²) in [6.07, 6.45) is 0. The Labute approximate surface area is 97.7 Å². The number of esters is 1.